The Bertz CT molecular complexity index is 1850. The van der Waals surface area contributed by atoms with Crippen molar-refractivity contribution in [2.75, 3.05) is 77.0 Å². The third-order valence-corrected chi connectivity index (χ3v) is 9.91. The average Bonchev–Trinajstić information content (AvgIpc) is 3.56. The zero-order valence-electron chi connectivity index (χ0n) is 26.7. The number of nitrogens with one attached hydrogen (secondary N) is 1. The molecule has 4 aromatic rings. The number of para-hydroxylation sites is 1. The number of sulfonamides is 1. The number of nitrogens with zero attached hydrogens (tertiary/aromatic N) is 4. The largest absolute Gasteiger partial charge is 0.493 e. The van der Waals surface area contributed by atoms with E-state index in [4.69, 9.17) is 24.0 Å². The molecule has 1 N–H and O–H groups in total. The maximum Gasteiger partial charge on any atom is 0.248 e. The Kier molecular flexibility index (Phi) is 11.4. The molecule has 6 rings (SSSR count). The molecule has 3 heterocycles. The minimum Gasteiger partial charge on any atom is -0.493 e. The van der Waals surface area contributed by atoms with Crippen molar-refractivity contribution in [1.29, 1.82) is 0 Å². The van der Waals surface area contributed by atoms with Crippen molar-refractivity contribution in [1.82, 2.24) is 14.1 Å². The van der Waals surface area contributed by atoms with Crippen LogP contribution in [0.4, 0.5) is 11.4 Å². The summed E-state index contributed by atoms with van der Waals surface area (Å²) in [5.74, 6) is 0.713. The maximum absolute atomic E-state index is 13.5. The lowest BCUT2D eigenvalue weighted by Crippen LogP contribution is -2.40. The smallest absolute Gasteiger partial charge is 0.248 e. The van der Waals surface area contributed by atoms with Gasteiger partial charge in [-0.25, -0.2) is 13.1 Å². The standard InChI is InChI=1S/C34H37N5O7S.ClH/c1-43-31-12-8-25(22-32(31)44-2)34-26(24-39(36-34)27-6-4-3-5-7-27)9-13-33(40)35-29-23-28(47(41,42)38-16-20-46-21-17-38)10-11-30(29)37-14-18-45-19-15-37;/h3-13,22-24H,14-21H2,1-2H3,(H,35,40);1H. The first kappa shape index (κ1) is 34.9. The number of aromatic nitrogens is 2. The highest BCUT2D eigenvalue weighted by atomic mass is 35.5. The second kappa shape index (κ2) is 15.7. The molecule has 2 fully saturated rings. The summed E-state index contributed by atoms with van der Waals surface area (Å²) < 4.78 is 51.9. The minimum atomic E-state index is -3.78. The zero-order chi connectivity index (χ0) is 32.8. The van der Waals surface area contributed by atoms with Gasteiger partial charge in [-0.15, -0.1) is 12.4 Å². The predicted molar refractivity (Wildman–Crippen MR) is 186 cm³/mol. The Balaban J connectivity index is 0.00000451. The molecule has 0 atom stereocenters. The number of ether oxygens (including phenoxy) is 4. The van der Waals surface area contributed by atoms with Crippen molar-refractivity contribution in [2.24, 2.45) is 0 Å². The van der Waals surface area contributed by atoms with E-state index in [9.17, 15) is 13.2 Å². The second-order valence-electron chi connectivity index (χ2n) is 10.9. The van der Waals surface area contributed by atoms with E-state index < -0.39 is 15.9 Å². The van der Waals surface area contributed by atoms with E-state index in [-0.39, 0.29) is 30.4 Å². The lowest BCUT2D eigenvalue weighted by molar-refractivity contribution is -0.111. The van der Waals surface area contributed by atoms with Crippen molar-refractivity contribution >= 4 is 45.8 Å². The quantitative estimate of drug-likeness (QED) is 0.239. The number of morpholine rings is 2. The van der Waals surface area contributed by atoms with Crippen LogP contribution in [0.15, 0.2) is 83.9 Å². The third-order valence-electron chi connectivity index (χ3n) is 8.02. The molecular formula is C34H38ClN5O7S. The monoisotopic (exact) mass is 695 g/mol. The number of rotatable bonds is 10. The highest BCUT2D eigenvalue weighted by Gasteiger charge is 2.28. The Morgan fingerprint density at radius 3 is 2.25 bits per heavy atom. The van der Waals surface area contributed by atoms with Crippen LogP contribution in [0.25, 0.3) is 23.0 Å². The molecule has 0 bridgehead atoms. The molecule has 0 spiro atoms. The third kappa shape index (κ3) is 7.66. The highest BCUT2D eigenvalue weighted by Crippen LogP contribution is 2.34. The van der Waals surface area contributed by atoms with Crippen molar-refractivity contribution in [3.05, 3.63) is 84.6 Å². The molecule has 0 saturated carbocycles. The normalized spacial score (nSPS) is 15.6. The molecule has 1 aromatic heterocycles. The summed E-state index contributed by atoms with van der Waals surface area (Å²) in [4.78, 5) is 15.7. The van der Waals surface area contributed by atoms with Gasteiger partial charge in [0.1, 0.15) is 5.69 Å². The van der Waals surface area contributed by atoms with Crippen LogP contribution < -0.4 is 19.7 Å². The molecule has 254 valence electrons. The van der Waals surface area contributed by atoms with Crippen molar-refractivity contribution in [3.63, 3.8) is 0 Å². The van der Waals surface area contributed by atoms with E-state index >= 15 is 0 Å². The van der Waals surface area contributed by atoms with Crippen LogP contribution in [-0.2, 0) is 24.3 Å². The van der Waals surface area contributed by atoms with Gasteiger partial charge in [0, 0.05) is 49.6 Å². The van der Waals surface area contributed by atoms with Gasteiger partial charge in [-0.1, -0.05) is 18.2 Å². The molecule has 0 unspecified atom stereocenters. The molecule has 12 nitrogen and oxygen atoms in total. The van der Waals surface area contributed by atoms with Gasteiger partial charge in [0.05, 0.1) is 62.6 Å². The summed E-state index contributed by atoms with van der Waals surface area (Å²) in [6.45, 7) is 3.52. The fraction of sp³-hybridized carbons (Fsp3) is 0.294. The maximum atomic E-state index is 13.5. The van der Waals surface area contributed by atoms with E-state index in [1.807, 2.05) is 48.7 Å². The topological polar surface area (TPSA) is 124 Å². The van der Waals surface area contributed by atoms with Crippen LogP contribution in [0, 0.1) is 0 Å². The number of methoxy groups -OCH3 is 2. The first-order chi connectivity index (χ1) is 22.9. The number of carbonyl (C=O) groups is 1. The SMILES string of the molecule is COc1ccc(-c2nn(-c3ccccc3)cc2C=CC(=O)Nc2cc(S(=O)(=O)N3CCOCC3)ccc2N2CCOCC2)cc1OC.Cl. The number of anilines is 2. The summed E-state index contributed by atoms with van der Waals surface area (Å²) >= 11 is 0. The first-order valence-electron chi connectivity index (χ1n) is 15.3. The molecule has 2 saturated heterocycles. The Labute approximate surface area is 286 Å². The van der Waals surface area contributed by atoms with Gasteiger partial charge in [0.15, 0.2) is 11.5 Å². The van der Waals surface area contributed by atoms with Gasteiger partial charge in [-0.2, -0.15) is 9.40 Å². The lowest BCUT2D eigenvalue weighted by Gasteiger charge is -2.31. The van der Waals surface area contributed by atoms with Gasteiger partial charge in [0.25, 0.3) is 0 Å². The molecule has 3 aromatic carbocycles. The molecule has 2 aliphatic heterocycles. The molecular weight excluding hydrogens is 658 g/mol. The van der Waals surface area contributed by atoms with Gasteiger partial charge in [0.2, 0.25) is 15.9 Å². The number of halogens is 1. The molecule has 0 aliphatic carbocycles. The summed E-state index contributed by atoms with van der Waals surface area (Å²) in [6, 6.07) is 20.1. The van der Waals surface area contributed by atoms with E-state index in [2.05, 4.69) is 10.2 Å². The Morgan fingerprint density at radius 1 is 0.875 bits per heavy atom. The van der Waals surface area contributed by atoms with E-state index in [0.29, 0.717) is 68.0 Å². The summed E-state index contributed by atoms with van der Waals surface area (Å²) in [7, 11) is -0.636. The van der Waals surface area contributed by atoms with Crippen LogP contribution in [0.1, 0.15) is 5.56 Å². The van der Waals surface area contributed by atoms with Crippen molar-refractivity contribution in [3.8, 4) is 28.4 Å². The van der Waals surface area contributed by atoms with E-state index in [1.54, 1.807) is 43.2 Å². The molecule has 14 heteroatoms. The van der Waals surface area contributed by atoms with Crippen molar-refractivity contribution < 1.29 is 32.2 Å². The number of amides is 1. The Hall–Kier alpha value is -4.40. The Morgan fingerprint density at radius 2 is 1.56 bits per heavy atom. The molecule has 2 aliphatic rings. The van der Waals surface area contributed by atoms with Crippen LogP contribution in [0.2, 0.25) is 0 Å². The average molecular weight is 696 g/mol. The van der Waals surface area contributed by atoms with E-state index in [1.165, 1.54) is 16.4 Å². The molecule has 0 radical (unpaired) electrons. The van der Waals surface area contributed by atoms with Crippen molar-refractivity contribution in [2.45, 2.75) is 4.90 Å². The van der Waals surface area contributed by atoms with E-state index in [0.717, 1.165) is 16.9 Å². The van der Waals surface area contributed by atoms with Crippen LogP contribution in [-0.4, -0.2) is 95.2 Å². The number of benzene rings is 3. The lowest BCUT2D eigenvalue weighted by atomic mass is 10.1. The van der Waals surface area contributed by atoms with Crippen LogP contribution in [0.5, 0.6) is 11.5 Å². The fourth-order valence-corrected chi connectivity index (χ4v) is 7.00. The summed E-state index contributed by atoms with van der Waals surface area (Å²) in [5, 5.41) is 7.79. The molecule has 1 amide bonds. The fourth-order valence-electron chi connectivity index (χ4n) is 5.56. The van der Waals surface area contributed by atoms with Gasteiger partial charge < -0.3 is 29.2 Å². The number of hydrogen-bond donors (Lipinski definition) is 1. The number of carbonyl (C=O) groups excluding carboxylic acids is 1. The summed E-state index contributed by atoms with van der Waals surface area (Å²) in [5.41, 5.74) is 4.06. The van der Waals surface area contributed by atoms with Gasteiger partial charge in [-0.3, -0.25) is 4.79 Å². The zero-order valence-corrected chi connectivity index (χ0v) is 28.3. The highest BCUT2D eigenvalue weighted by molar-refractivity contribution is 7.89. The first-order valence-corrected chi connectivity index (χ1v) is 16.7. The van der Waals surface area contributed by atoms with Gasteiger partial charge >= 0.3 is 0 Å². The second-order valence-corrected chi connectivity index (χ2v) is 12.8. The summed E-state index contributed by atoms with van der Waals surface area (Å²) in [6.07, 6.45) is 4.96. The van der Waals surface area contributed by atoms with Crippen LogP contribution >= 0.6 is 12.4 Å². The number of hydrogen-bond acceptors (Lipinski definition) is 9. The minimum absolute atomic E-state index is 0. The van der Waals surface area contributed by atoms with Crippen LogP contribution in [0.3, 0.4) is 0 Å². The van der Waals surface area contributed by atoms with Gasteiger partial charge in [-0.05, 0) is 54.6 Å². The molecule has 48 heavy (non-hydrogen) atoms. The predicted octanol–water partition coefficient (Wildman–Crippen LogP) is 4.49.